The first kappa shape index (κ1) is 21.0. The van der Waals surface area contributed by atoms with Gasteiger partial charge in [-0.15, -0.1) is 0 Å². The van der Waals surface area contributed by atoms with Gasteiger partial charge in [-0.25, -0.2) is 15.0 Å². The molecular weight excluding hydrogens is 416 g/mol. The number of imidazole rings is 1. The van der Waals surface area contributed by atoms with Crippen LogP contribution in [0.1, 0.15) is 23.2 Å². The van der Waals surface area contributed by atoms with E-state index in [0.717, 1.165) is 31.7 Å². The van der Waals surface area contributed by atoms with Gasteiger partial charge in [0.15, 0.2) is 5.78 Å². The predicted octanol–water partition coefficient (Wildman–Crippen LogP) is 2.61. The van der Waals surface area contributed by atoms with Gasteiger partial charge in [0.05, 0.1) is 6.33 Å². The van der Waals surface area contributed by atoms with Crippen LogP contribution in [0.25, 0.3) is 0 Å². The van der Waals surface area contributed by atoms with E-state index in [1.165, 1.54) is 0 Å². The van der Waals surface area contributed by atoms with Crippen molar-refractivity contribution in [3.8, 4) is 0 Å². The summed E-state index contributed by atoms with van der Waals surface area (Å²) in [4.78, 5) is 40.5. The predicted molar refractivity (Wildman–Crippen MR) is 117 cm³/mol. The minimum Gasteiger partial charge on any atom is -0.356 e. The Balaban J connectivity index is 1.41. The van der Waals surface area contributed by atoms with Crippen molar-refractivity contribution < 1.29 is 9.59 Å². The average molecular weight is 439 g/mol. The smallest absolute Gasteiger partial charge is 0.233 e. The zero-order chi connectivity index (χ0) is 21.6. The van der Waals surface area contributed by atoms with Crippen LogP contribution in [-0.2, 0) is 11.3 Å². The van der Waals surface area contributed by atoms with Gasteiger partial charge in [0, 0.05) is 49.8 Å². The minimum atomic E-state index is -0.824. The van der Waals surface area contributed by atoms with Crippen molar-refractivity contribution in [3.63, 3.8) is 0 Å². The molecule has 0 saturated carbocycles. The van der Waals surface area contributed by atoms with Crippen LogP contribution in [0, 0.1) is 5.92 Å². The second-order valence-corrected chi connectivity index (χ2v) is 7.83. The number of piperidine rings is 1. The molecule has 3 aromatic rings. The fraction of sp³-hybridized carbons (Fsp3) is 0.318. The molecule has 9 heteroatoms. The summed E-state index contributed by atoms with van der Waals surface area (Å²) in [5.41, 5.74) is 0.526. The van der Waals surface area contributed by atoms with Crippen LogP contribution in [0.4, 0.5) is 5.82 Å². The van der Waals surface area contributed by atoms with Gasteiger partial charge in [-0.05, 0) is 30.5 Å². The quantitative estimate of drug-likeness (QED) is 0.346. The summed E-state index contributed by atoms with van der Waals surface area (Å²) in [5, 5.41) is 3.30. The maximum Gasteiger partial charge on any atom is 0.233 e. The molecule has 1 aromatic carbocycles. The Labute approximate surface area is 185 Å². The number of hydrogen-bond donors (Lipinski definition) is 1. The Kier molecular flexibility index (Phi) is 6.57. The summed E-state index contributed by atoms with van der Waals surface area (Å²) in [6, 6.07) is 10.7. The molecular formula is C22H23ClN6O2. The molecule has 8 nitrogen and oxygen atoms in total. The van der Waals surface area contributed by atoms with Gasteiger partial charge in [0.25, 0.3) is 0 Å². The number of carbonyl (C=O) groups excluding carboxylic acids is 2. The van der Waals surface area contributed by atoms with Crippen molar-refractivity contribution in [1.29, 1.82) is 0 Å². The third kappa shape index (κ3) is 5.27. The van der Waals surface area contributed by atoms with Crippen molar-refractivity contribution in [1.82, 2.24) is 24.8 Å². The fourth-order valence-corrected chi connectivity index (χ4v) is 3.89. The van der Waals surface area contributed by atoms with Crippen molar-refractivity contribution in [3.05, 3.63) is 72.2 Å². The number of amides is 1. The zero-order valence-corrected chi connectivity index (χ0v) is 17.7. The van der Waals surface area contributed by atoms with E-state index in [9.17, 15) is 9.59 Å². The summed E-state index contributed by atoms with van der Waals surface area (Å²) in [6.45, 7) is 1.71. The van der Waals surface area contributed by atoms with E-state index in [-0.39, 0.29) is 29.6 Å². The lowest BCUT2D eigenvalue weighted by molar-refractivity contribution is -0.124. The molecule has 31 heavy (non-hydrogen) atoms. The number of Topliss-reactive ketones (excluding diaryl/α,β-unsaturated/α-hetero) is 1. The van der Waals surface area contributed by atoms with E-state index in [1.807, 2.05) is 12.1 Å². The molecule has 1 saturated heterocycles. The van der Waals surface area contributed by atoms with Gasteiger partial charge in [0.1, 0.15) is 11.7 Å². The van der Waals surface area contributed by atoms with Crippen LogP contribution in [0.5, 0.6) is 0 Å². The van der Waals surface area contributed by atoms with Crippen molar-refractivity contribution in [2.45, 2.75) is 25.4 Å². The van der Waals surface area contributed by atoms with Crippen LogP contribution in [0.3, 0.4) is 0 Å². The summed E-state index contributed by atoms with van der Waals surface area (Å²) in [5.74, 6) is -0.497. The van der Waals surface area contributed by atoms with Gasteiger partial charge < -0.3 is 14.8 Å². The van der Waals surface area contributed by atoms with Crippen LogP contribution in [0.15, 0.2) is 61.3 Å². The second kappa shape index (κ2) is 9.70. The molecule has 1 N–H and O–H groups in total. The van der Waals surface area contributed by atoms with E-state index in [0.29, 0.717) is 5.56 Å². The van der Waals surface area contributed by atoms with Crippen molar-refractivity contribution >= 4 is 29.1 Å². The number of nitrogens with zero attached hydrogens (tertiary/aromatic N) is 5. The SMILES string of the molecule is O=C(NC1CCN(c2ccnc(Cl)n2)CC1)C(Cn1ccnc1)C(=O)c1ccccc1. The third-order valence-corrected chi connectivity index (χ3v) is 5.60. The molecule has 160 valence electrons. The van der Waals surface area contributed by atoms with Gasteiger partial charge in [-0.1, -0.05) is 30.3 Å². The second-order valence-electron chi connectivity index (χ2n) is 7.50. The van der Waals surface area contributed by atoms with Crippen LogP contribution < -0.4 is 10.2 Å². The topological polar surface area (TPSA) is 93.0 Å². The summed E-state index contributed by atoms with van der Waals surface area (Å²) in [6.07, 6.45) is 8.15. The zero-order valence-electron chi connectivity index (χ0n) is 16.9. The normalized spacial score (nSPS) is 15.5. The average Bonchev–Trinajstić information content (AvgIpc) is 3.31. The Hall–Kier alpha value is -3.26. The Morgan fingerprint density at radius 2 is 1.90 bits per heavy atom. The van der Waals surface area contributed by atoms with Crippen LogP contribution in [-0.4, -0.2) is 50.3 Å². The first-order valence-corrected chi connectivity index (χ1v) is 10.6. The van der Waals surface area contributed by atoms with E-state index >= 15 is 0 Å². The molecule has 0 radical (unpaired) electrons. The number of anilines is 1. The lowest BCUT2D eigenvalue weighted by Gasteiger charge is -2.33. The van der Waals surface area contributed by atoms with Crippen molar-refractivity contribution in [2.24, 2.45) is 5.92 Å². The minimum absolute atomic E-state index is 0.00470. The molecule has 2 aromatic heterocycles. The summed E-state index contributed by atoms with van der Waals surface area (Å²) >= 11 is 5.89. The van der Waals surface area contributed by atoms with Crippen LogP contribution in [0.2, 0.25) is 5.28 Å². The van der Waals surface area contributed by atoms with Crippen molar-refractivity contribution in [2.75, 3.05) is 18.0 Å². The van der Waals surface area contributed by atoms with E-state index < -0.39 is 5.92 Å². The largest absolute Gasteiger partial charge is 0.356 e. The lowest BCUT2D eigenvalue weighted by atomic mass is 9.95. The molecule has 1 unspecified atom stereocenters. The molecule has 0 aliphatic carbocycles. The monoisotopic (exact) mass is 438 g/mol. The highest BCUT2D eigenvalue weighted by molar-refractivity contribution is 6.28. The third-order valence-electron chi connectivity index (χ3n) is 5.42. The van der Waals surface area contributed by atoms with Crippen LogP contribution >= 0.6 is 11.6 Å². The fourth-order valence-electron chi connectivity index (χ4n) is 3.75. The molecule has 1 atom stereocenters. The Morgan fingerprint density at radius 1 is 1.13 bits per heavy atom. The number of ketones is 1. The van der Waals surface area contributed by atoms with Gasteiger partial charge in [-0.2, -0.15) is 0 Å². The first-order chi connectivity index (χ1) is 15.1. The molecule has 0 bridgehead atoms. The molecule has 1 amide bonds. The van der Waals surface area contributed by atoms with Gasteiger partial charge >= 0.3 is 0 Å². The molecule has 3 heterocycles. The Bertz CT molecular complexity index is 1020. The standard InChI is InChI=1S/C22H23ClN6O2/c23-22-25-9-6-19(27-22)29-11-7-17(8-12-29)26-21(31)18(14-28-13-10-24-15-28)20(30)16-4-2-1-3-5-16/h1-6,9-10,13,15,17-18H,7-8,11-12,14H2,(H,26,31). The molecule has 1 aliphatic heterocycles. The summed E-state index contributed by atoms with van der Waals surface area (Å²) < 4.78 is 1.76. The van der Waals surface area contributed by atoms with Gasteiger partial charge in [-0.3, -0.25) is 9.59 Å². The molecule has 0 spiro atoms. The molecule has 1 fully saturated rings. The highest BCUT2D eigenvalue weighted by Crippen LogP contribution is 2.20. The molecule has 1 aliphatic rings. The van der Waals surface area contributed by atoms with E-state index in [4.69, 9.17) is 11.6 Å². The number of halogens is 1. The van der Waals surface area contributed by atoms with Gasteiger partial charge in [0.2, 0.25) is 11.2 Å². The maximum absolute atomic E-state index is 13.1. The number of benzene rings is 1. The first-order valence-electron chi connectivity index (χ1n) is 10.2. The number of carbonyl (C=O) groups is 2. The summed E-state index contributed by atoms with van der Waals surface area (Å²) in [7, 11) is 0. The number of aromatic nitrogens is 4. The van der Waals surface area contributed by atoms with E-state index in [2.05, 4.69) is 25.2 Å². The number of rotatable bonds is 7. The highest BCUT2D eigenvalue weighted by atomic mass is 35.5. The molecule has 4 rings (SSSR count). The lowest BCUT2D eigenvalue weighted by Crippen LogP contribution is -2.48. The number of hydrogen-bond acceptors (Lipinski definition) is 6. The van der Waals surface area contributed by atoms with E-state index in [1.54, 1.807) is 53.8 Å². The maximum atomic E-state index is 13.1. The highest BCUT2D eigenvalue weighted by Gasteiger charge is 2.31. The Morgan fingerprint density at radius 3 is 2.58 bits per heavy atom. The number of nitrogens with one attached hydrogen (secondary N) is 1.